The molecule has 1 aromatic carbocycles. The van der Waals surface area contributed by atoms with Crippen LogP contribution in [0.15, 0.2) is 24.3 Å². The van der Waals surface area contributed by atoms with Crippen LogP contribution in [0.5, 0.6) is 5.75 Å². The second kappa shape index (κ2) is 7.14. The van der Waals surface area contributed by atoms with Gasteiger partial charge in [-0.1, -0.05) is 6.42 Å². The van der Waals surface area contributed by atoms with Gasteiger partial charge in [0.15, 0.2) is 0 Å². The normalized spacial score (nSPS) is 20.0. The minimum Gasteiger partial charge on any atom is -0.497 e. The van der Waals surface area contributed by atoms with Gasteiger partial charge in [0, 0.05) is 17.8 Å². The summed E-state index contributed by atoms with van der Waals surface area (Å²) in [6.07, 6.45) is 3.56. The molecule has 2 unspecified atom stereocenters. The molecule has 1 fully saturated rings. The second-order valence-corrected chi connectivity index (χ2v) is 5.17. The summed E-state index contributed by atoms with van der Waals surface area (Å²) in [5, 5.41) is 9.26. The van der Waals surface area contributed by atoms with E-state index in [-0.39, 0.29) is 12.1 Å². The lowest BCUT2D eigenvalue weighted by atomic mass is 9.99. The van der Waals surface area contributed by atoms with Gasteiger partial charge < -0.3 is 20.7 Å². The molecule has 0 aromatic heterocycles. The van der Waals surface area contributed by atoms with Gasteiger partial charge in [0.25, 0.3) is 0 Å². The molecule has 110 valence electrons. The molecule has 5 heteroatoms. The van der Waals surface area contributed by atoms with Crippen LogP contribution in [0.2, 0.25) is 0 Å². The van der Waals surface area contributed by atoms with Gasteiger partial charge in [-0.25, -0.2) is 4.79 Å². The Labute approximate surface area is 120 Å². The average molecular weight is 277 g/mol. The van der Waals surface area contributed by atoms with Crippen LogP contribution in [0.1, 0.15) is 26.2 Å². The third kappa shape index (κ3) is 4.13. The number of anilines is 1. The van der Waals surface area contributed by atoms with Crippen molar-refractivity contribution in [2.75, 3.05) is 19.0 Å². The molecule has 0 bridgehead atoms. The zero-order valence-electron chi connectivity index (χ0n) is 12.1. The number of urea groups is 1. The first kappa shape index (κ1) is 14.7. The number of hydrogen-bond acceptors (Lipinski definition) is 3. The van der Waals surface area contributed by atoms with Crippen molar-refractivity contribution in [2.45, 2.75) is 38.3 Å². The number of nitrogens with one attached hydrogen (secondary N) is 3. The predicted molar refractivity (Wildman–Crippen MR) is 80.3 cm³/mol. The fourth-order valence-corrected chi connectivity index (χ4v) is 2.45. The molecule has 1 aromatic rings. The van der Waals surface area contributed by atoms with Crippen LogP contribution in [-0.2, 0) is 0 Å². The van der Waals surface area contributed by atoms with E-state index in [9.17, 15) is 4.79 Å². The van der Waals surface area contributed by atoms with Crippen LogP contribution in [-0.4, -0.2) is 31.8 Å². The molecule has 0 spiro atoms. The fraction of sp³-hybridized carbons (Fsp3) is 0.533. The molecule has 20 heavy (non-hydrogen) atoms. The maximum Gasteiger partial charge on any atom is 0.319 e. The molecule has 3 N–H and O–H groups in total. The Balaban J connectivity index is 1.81. The average Bonchev–Trinajstić information content (AvgIpc) is 2.49. The largest absolute Gasteiger partial charge is 0.497 e. The number of methoxy groups -OCH3 is 1. The Hall–Kier alpha value is -1.75. The minimum absolute atomic E-state index is 0.119. The quantitative estimate of drug-likeness (QED) is 0.791. The molecule has 1 aliphatic heterocycles. The molecule has 0 radical (unpaired) electrons. The van der Waals surface area contributed by atoms with Crippen molar-refractivity contribution >= 4 is 11.7 Å². The van der Waals surface area contributed by atoms with Crippen LogP contribution < -0.4 is 20.7 Å². The zero-order valence-corrected chi connectivity index (χ0v) is 12.1. The summed E-state index contributed by atoms with van der Waals surface area (Å²) in [5.41, 5.74) is 0.757. The Kier molecular flexibility index (Phi) is 5.24. The fourth-order valence-electron chi connectivity index (χ4n) is 2.45. The second-order valence-electron chi connectivity index (χ2n) is 5.17. The van der Waals surface area contributed by atoms with Gasteiger partial charge in [-0.15, -0.1) is 0 Å². The van der Waals surface area contributed by atoms with Gasteiger partial charge in [0.1, 0.15) is 5.75 Å². The Morgan fingerprint density at radius 2 is 2.10 bits per heavy atom. The summed E-state index contributed by atoms with van der Waals surface area (Å²) in [7, 11) is 1.62. The number of carbonyl (C=O) groups excluding carboxylic acids is 1. The third-order valence-corrected chi connectivity index (χ3v) is 3.66. The van der Waals surface area contributed by atoms with Crippen LogP contribution in [0.4, 0.5) is 10.5 Å². The van der Waals surface area contributed by atoms with Gasteiger partial charge in [-0.05, 0) is 50.6 Å². The van der Waals surface area contributed by atoms with E-state index in [0.29, 0.717) is 6.04 Å². The molecule has 1 saturated heterocycles. The highest BCUT2D eigenvalue weighted by atomic mass is 16.5. The van der Waals surface area contributed by atoms with E-state index in [4.69, 9.17) is 4.74 Å². The molecule has 0 saturated carbocycles. The maximum absolute atomic E-state index is 11.9. The molecule has 1 aliphatic rings. The van der Waals surface area contributed by atoms with Crippen LogP contribution in [0, 0.1) is 0 Å². The zero-order chi connectivity index (χ0) is 14.4. The Bertz CT molecular complexity index is 427. The summed E-state index contributed by atoms with van der Waals surface area (Å²) in [6.45, 7) is 3.08. The highest BCUT2D eigenvalue weighted by molar-refractivity contribution is 5.89. The van der Waals surface area contributed by atoms with Crippen molar-refractivity contribution in [1.29, 1.82) is 0 Å². The van der Waals surface area contributed by atoms with Gasteiger partial charge in [-0.3, -0.25) is 0 Å². The summed E-state index contributed by atoms with van der Waals surface area (Å²) in [4.78, 5) is 11.9. The van der Waals surface area contributed by atoms with E-state index in [0.717, 1.165) is 24.4 Å². The maximum atomic E-state index is 11.9. The van der Waals surface area contributed by atoms with Crippen molar-refractivity contribution in [3.05, 3.63) is 24.3 Å². The molecular formula is C15H23N3O2. The first-order chi connectivity index (χ1) is 9.69. The Morgan fingerprint density at radius 3 is 2.70 bits per heavy atom. The highest BCUT2D eigenvalue weighted by Gasteiger charge is 2.20. The van der Waals surface area contributed by atoms with Crippen LogP contribution in [0.3, 0.4) is 0 Å². The molecule has 0 aliphatic carbocycles. The van der Waals surface area contributed by atoms with Crippen molar-refractivity contribution in [1.82, 2.24) is 10.6 Å². The highest BCUT2D eigenvalue weighted by Crippen LogP contribution is 2.15. The number of rotatable bonds is 4. The summed E-state index contributed by atoms with van der Waals surface area (Å²) in [5.74, 6) is 0.774. The van der Waals surface area contributed by atoms with Crippen LogP contribution in [0.25, 0.3) is 0 Å². The lowest BCUT2D eigenvalue weighted by molar-refractivity contribution is 0.242. The van der Waals surface area contributed by atoms with Crippen molar-refractivity contribution in [2.24, 2.45) is 0 Å². The minimum atomic E-state index is -0.171. The number of ether oxygens (including phenoxy) is 1. The smallest absolute Gasteiger partial charge is 0.319 e. The van der Waals surface area contributed by atoms with Gasteiger partial charge in [-0.2, -0.15) is 0 Å². The van der Waals surface area contributed by atoms with Crippen molar-refractivity contribution < 1.29 is 9.53 Å². The van der Waals surface area contributed by atoms with E-state index >= 15 is 0 Å². The van der Waals surface area contributed by atoms with E-state index in [1.807, 2.05) is 31.2 Å². The SMILES string of the molecule is COc1ccc(NC(=O)NC(C)C2CCCCN2)cc1. The first-order valence-corrected chi connectivity index (χ1v) is 7.14. The summed E-state index contributed by atoms with van der Waals surface area (Å²) >= 11 is 0. The lowest BCUT2D eigenvalue weighted by Gasteiger charge is -2.29. The summed E-state index contributed by atoms with van der Waals surface area (Å²) < 4.78 is 5.08. The van der Waals surface area contributed by atoms with Crippen molar-refractivity contribution in [3.63, 3.8) is 0 Å². The Morgan fingerprint density at radius 1 is 1.35 bits per heavy atom. The predicted octanol–water partition coefficient (Wildman–Crippen LogP) is 2.35. The molecule has 2 amide bonds. The van der Waals surface area contributed by atoms with E-state index in [1.165, 1.54) is 12.8 Å². The third-order valence-electron chi connectivity index (χ3n) is 3.66. The molecule has 5 nitrogen and oxygen atoms in total. The number of piperidine rings is 1. The van der Waals surface area contributed by atoms with E-state index < -0.39 is 0 Å². The number of amides is 2. The summed E-state index contributed by atoms with van der Waals surface area (Å²) in [6, 6.07) is 7.60. The topological polar surface area (TPSA) is 62.4 Å². The van der Waals surface area contributed by atoms with Crippen molar-refractivity contribution in [3.8, 4) is 5.75 Å². The monoisotopic (exact) mass is 277 g/mol. The van der Waals surface area contributed by atoms with Gasteiger partial charge in [0.2, 0.25) is 0 Å². The van der Waals surface area contributed by atoms with E-state index in [2.05, 4.69) is 16.0 Å². The standard InChI is InChI=1S/C15H23N3O2/c1-11(14-5-3-4-10-16-14)17-15(19)18-12-6-8-13(20-2)9-7-12/h6-9,11,14,16H,3-5,10H2,1-2H3,(H2,17,18,19). The molecular weight excluding hydrogens is 254 g/mol. The number of carbonyl (C=O) groups is 1. The van der Waals surface area contributed by atoms with Gasteiger partial charge >= 0.3 is 6.03 Å². The van der Waals surface area contributed by atoms with Crippen LogP contribution >= 0.6 is 0 Å². The molecule has 1 heterocycles. The number of benzene rings is 1. The molecule has 2 rings (SSSR count). The lowest BCUT2D eigenvalue weighted by Crippen LogP contribution is -2.51. The first-order valence-electron chi connectivity index (χ1n) is 7.14. The molecule has 2 atom stereocenters. The van der Waals surface area contributed by atoms with E-state index in [1.54, 1.807) is 7.11 Å². The number of hydrogen-bond donors (Lipinski definition) is 3. The van der Waals surface area contributed by atoms with Gasteiger partial charge in [0.05, 0.1) is 7.11 Å².